The SMILES string of the molecule is O=C(c1cccc(Cl)c1)N1N=C2CCCCC[C@H]2[C@]1(O)C(F)(F)F. The van der Waals surface area contributed by atoms with Gasteiger partial charge in [-0.3, -0.25) is 4.79 Å². The van der Waals surface area contributed by atoms with Gasteiger partial charge in [0.05, 0.1) is 5.92 Å². The molecule has 130 valence electrons. The van der Waals surface area contributed by atoms with Gasteiger partial charge < -0.3 is 5.11 Å². The van der Waals surface area contributed by atoms with Crippen molar-refractivity contribution in [3.8, 4) is 0 Å². The van der Waals surface area contributed by atoms with Crippen LogP contribution < -0.4 is 0 Å². The number of hydrazone groups is 1. The minimum Gasteiger partial charge on any atom is -0.362 e. The van der Waals surface area contributed by atoms with Crippen LogP contribution in [-0.4, -0.2) is 33.6 Å². The quantitative estimate of drug-likeness (QED) is 0.823. The minimum absolute atomic E-state index is 0.0500. The predicted molar refractivity (Wildman–Crippen MR) is 82.6 cm³/mol. The Balaban J connectivity index is 2.05. The molecule has 24 heavy (non-hydrogen) atoms. The molecule has 0 radical (unpaired) electrons. The number of alkyl halides is 3. The van der Waals surface area contributed by atoms with E-state index >= 15 is 0 Å². The molecule has 0 spiro atoms. The van der Waals surface area contributed by atoms with Gasteiger partial charge in [-0.05, 0) is 37.5 Å². The maximum atomic E-state index is 13.7. The lowest BCUT2D eigenvalue weighted by Gasteiger charge is -2.37. The maximum absolute atomic E-state index is 13.7. The number of rotatable bonds is 1. The lowest BCUT2D eigenvalue weighted by atomic mass is 9.87. The minimum atomic E-state index is -5.01. The summed E-state index contributed by atoms with van der Waals surface area (Å²) < 4.78 is 41.1. The van der Waals surface area contributed by atoms with Gasteiger partial charge in [-0.25, -0.2) is 0 Å². The van der Waals surface area contributed by atoms with E-state index in [-0.39, 0.29) is 27.7 Å². The summed E-state index contributed by atoms with van der Waals surface area (Å²) in [7, 11) is 0. The van der Waals surface area contributed by atoms with Crippen LogP contribution in [0.25, 0.3) is 0 Å². The molecule has 0 saturated heterocycles. The highest BCUT2D eigenvalue weighted by molar-refractivity contribution is 6.31. The van der Waals surface area contributed by atoms with Crippen molar-refractivity contribution in [3.05, 3.63) is 34.9 Å². The van der Waals surface area contributed by atoms with Crippen molar-refractivity contribution in [2.75, 3.05) is 0 Å². The van der Waals surface area contributed by atoms with Gasteiger partial charge in [0.15, 0.2) is 0 Å². The number of benzene rings is 1. The fourth-order valence-electron chi connectivity index (χ4n) is 3.34. The molecule has 8 heteroatoms. The van der Waals surface area contributed by atoms with E-state index in [0.29, 0.717) is 19.3 Å². The molecule has 2 aliphatic rings. The van der Waals surface area contributed by atoms with E-state index in [2.05, 4.69) is 5.10 Å². The molecule has 1 N–H and O–H groups in total. The zero-order valence-electron chi connectivity index (χ0n) is 12.7. The highest BCUT2D eigenvalue weighted by atomic mass is 35.5. The highest BCUT2D eigenvalue weighted by Crippen LogP contribution is 2.48. The Morgan fingerprint density at radius 2 is 2.08 bits per heavy atom. The van der Waals surface area contributed by atoms with Gasteiger partial charge in [-0.1, -0.05) is 30.5 Å². The summed E-state index contributed by atoms with van der Waals surface area (Å²) in [5.74, 6) is -2.24. The first-order valence-corrected chi connectivity index (χ1v) is 8.09. The topological polar surface area (TPSA) is 52.9 Å². The molecular formula is C16H16ClF3N2O2. The van der Waals surface area contributed by atoms with E-state index in [4.69, 9.17) is 11.6 Å². The molecule has 1 aromatic rings. The largest absolute Gasteiger partial charge is 0.439 e. The molecule has 1 saturated carbocycles. The van der Waals surface area contributed by atoms with Crippen LogP contribution in [0, 0.1) is 5.92 Å². The second-order valence-electron chi connectivity index (χ2n) is 6.09. The normalized spacial score (nSPS) is 27.5. The van der Waals surface area contributed by atoms with Gasteiger partial charge in [-0.15, -0.1) is 0 Å². The Morgan fingerprint density at radius 3 is 2.75 bits per heavy atom. The predicted octanol–water partition coefficient (Wildman–Crippen LogP) is 3.98. The summed E-state index contributed by atoms with van der Waals surface area (Å²) in [5, 5.41) is 14.8. The van der Waals surface area contributed by atoms with Crippen LogP contribution in [0.15, 0.2) is 29.4 Å². The molecule has 1 fully saturated rings. The first kappa shape index (κ1) is 17.2. The van der Waals surface area contributed by atoms with Crippen molar-refractivity contribution < 1.29 is 23.1 Å². The summed E-state index contributed by atoms with van der Waals surface area (Å²) in [5.41, 5.74) is -3.12. The Hall–Kier alpha value is -1.60. The van der Waals surface area contributed by atoms with E-state index in [1.165, 1.54) is 24.3 Å². The molecule has 3 rings (SSSR count). The number of hydrogen-bond donors (Lipinski definition) is 1. The third-order valence-electron chi connectivity index (χ3n) is 4.55. The number of carbonyl (C=O) groups excluding carboxylic acids is 1. The summed E-state index contributed by atoms with van der Waals surface area (Å²) in [6, 6.07) is 5.58. The third-order valence-corrected chi connectivity index (χ3v) is 4.78. The highest BCUT2D eigenvalue weighted by Gasteiger charge is 2.68. The number of fused-ring (bicyclic) bond motifs is 1. The zero-order valence-corrected chi connectivity index (χ0v) is 13.4. The lowest BCUT2D eigenvalue weighted by molar-refractivity contribution is -0.312. The Kier molecular flexibility index (Phi) is 4.34. The standard InChI is InChI=1S/C16H16ClF3N2O2/c17-11-6-4-5-10(9-11)14(23)22-15(24,16(18,19)20)12-7-2-1-3-8-13(12)21-22/h4-6,9,12,24H,1-3,7-8H2/t12-,15+/m1/s1. The van der Waals surface area contributed by atoms with E-state index < -0.39 is 23.7 Å². The Morgan fingerprint density at radius 1 is 1.33 bits per heavy atom. The average Bonchev–Trinajstić information content (AvgIpc) is 2.68. The molecule has 1 aliphatic heterocycles. The van der Waals surface area contributed by atoms with E-state index in [1.54, 1.807) is 0 Å². The average molecular weight is 361 g/mol. The first-order valence-electron chi connectivity index (χ1n) is 7.71. The van der Waals surface area contributed by atoms with Gasteiger partial charge in [0.2, 0.25) is 0 Å². The number of nitrogens with zero attached hydrogens (tertiary/aromatic N) is 2. The summed E-state index contributed by atoms with van der Waals surface area (Å²) >= 11 is 5.81. The molecule has 1 aliphatic carbocycles. The van der Waals surface area contributed by atoms with Crippen molar-refractivity contribution in [2.45, 2.75) is 44.0 Å². The van der Waals surface area contributed by atoms with Gasteiger partial charge >= 0.3 is 6.18 Å². The Bertz CT molecular complexity index is 692. The van der Waals surface area contributed by atoms with Crippen LogP contribution >= 0.6 is 11.6 Å². The monoisotopic (exact) mass is 360 g/mol. The van der Waals surface area contributed by atoms with Crippen molar-refractivity contribution in [1.82, 2.24) is 5.01 Å². The molecule has 1 amide bonds. The molecule has 1 aromatic carbocycles. The second-order valence-corrected chi connectivity index (χ2v) is 6.53. The van der Waals surface area contributed by atoms with Crippen LogP contribution in [0.1, 0.15) is 42.5 Å². The molecule has 0 aromatic heterocycles. The van der Waals surface area contributed by atoms with E-state index in [1.807, 2.05) is 0 Å². The number of aliphatic hydroxyl groups is 1. The van der Waals surface area contributed by atoms with Crippen molar-refractivity contribution in [1.29, 1.82) is 0 Å². The number of carbonyl (C=O) groups is 1. The molecule has 0 unspecified atom stereocenters. The third kappa shape index (κ3) is 2.69. The number of hydrogen-bond acceptors (Lipinski definition) is 3. The smallest absolute Gasteiger partial charge is 0.362 e. The van der Waals surface area contributed by atoms with Gasteiger partial charge in [-0.2, -0.15) is 23.3 Å². The fourth-order valence-corrected chi connectivity index (χ4v) is 3.53. The van der Waals surface area contributed by atoms with Gasteiger partial charge in [0.1, 0.15) is 0 Å². The summed E-state index contributed by atoms with van der Waals surface area (Å²) in [4.78, 5) is 12.6. The van der Waals surface area contributed by atoms with Crippen LogP contribution in [0.2, 0.25) is 5.02 Å². The molecule has 1 heterocycles. The fraction of sp³-hybridized carbons (Fsp3) is 0.500. The number of amides is 1. The van der Waals surface area contributed by atoms with Gasteiger partial charge in [0.25, 0.3) is 11.6 Å². The van der Waals surface area contributed by atoms with Crippen LogP contribution in [0.3, 0.4) is 0 Å². The van der Waals surface area contributed by atoms with Crippen molar-refractivity contribution in [2.24, 2.45) is 11.0 Å². The maximum Gasteiger partial charge on any atom is 0.439 e. The van der Waals surface area contributed by atoms with Crippen molar-refractivity contribution >= 4 is 23.2 Å². The Labute approximate surface area is 141 Å². The second kappa shape index (κ2) is 6.04. The van der Waals surface area contributed by atoms with Crippen molar-refractivity contribution in [3.63, 3.8) is 0 Å². The van der Waals surface area contributed by atoms with E-state index in [0.717, 1.165) is 6.42 Å². The zero-order chi connectivity index (χ0) is 17.5. The summed E-state index contributed by atoms with van der Waals surface area (Å²) in [6.45, 7) is 0. The number of halogens is 4. The summed E-state index contributed by atoms with van der Waals surface area (Å²) in [6.07, 6.45) is -2.48. The van der Waals surface area contributed by atoms with E-state index in [9.17, 15) is 23.1 Å². The van der Waals surface area contributed by atoms with Crippen LogP contribution in [0.4, 0.5) is 13.2 Å². The molecule has 2 atom stereocenters. The molecular weight excluding hydrogens is 345 g/mol. The van der Waals surface area contributed by atoms with Crippen LogP contribution in [-0.2, 0) is 0 Å². The van der Waals surface area contributed by atoms with Crippen LogP contribution in [0.5, 0.6) is 0 Å². The first-order chi connectivity index (χ1) is 11.2. The lowest BCUT2D eigenvalue weighted by Crippen LogP contribution is -2.61. The molecule has 4 nitrogen and oxygen atoms in total. The molecule has 0 bridgehead atoms. The van der Waals surface area contributed by atoms with Gasteiger partial charge in [0, 0.05) is 16.3 Å².